The van der Waals surface area contributed by atoms with E-state index in [9.17, 15) is 18.0 Å². The van der Waals surface area contributed by atoms with Crippen LogP contribution in [0.25, 0.3) is 0 Å². The van der Waals surface area contributed by atoms with Crippen molar-refractivity contribution in [3.05, 3.63) is 34.4 Å². The number of amides is 1. The minimum absolute atomic E-state index is 0.0989. The predicted molar refractivity (Wildman–Crippen MR) is 86.1 cm³/mol. The predicted octanol–water partition coefficient (Wildman–Crippen LogP) is 3.30. The second-order valence-corrected chi connectivity index (χ2v) is 6.08. The van der Waals surface area contributed by atoms with Gasteiger partial charge in [0.25, 0.3) is 0 Å². The molecule has 0 bridgehead atoms. The lowest BCUT2D eigenvalue weighted by molar-refractivity contribution is -0.142. The standard InChI is InChI=1S/C15H19ClF3N5O/c1-5-23-11(6-7-20-23)8-22(4)14(25)10(3)24-9(2)12(16)13(21-24)15(17,18)19/h6-7,10H,5,8H2,1-4H3/t10-/m0/s1. The number of nitrogens with zero attached hydrogens (tertiary/aromatic N) is 5. The Morgan fingerprint density at radius 3 is 2.60 bits per heavy atom. The van der Waals surface area contributed by atoms with Crippen molar-refractivity contribution >= 4 is 17.5 Å². The summed E-state index contributed by atoms with van der Waals surface area (Å²) < 4.78 is 41.6. The average Bonchev–Trinajstić information content (AvgIpc) is 3.10. The first-order valence-electron chi connectivity index (χ1n) is 7.65. The fraction of sp³-hybridized carbons (Fsp3) is 0.533. The minimum Gasteiger partial charge on any atom is -0.338 e. The molecule has 0 aromatic carbocycles. The molecule has 0 radical (unpaired) electrons. The van der Waals surface area contributed by atoms with Crippen molar-refractivity contribution in [2.24, 2.45) is 0 Å². The molecule has 2 heterocycles. The molecule has 138 valence electrons. The van der Waals surface area contributed by atoms with Crippen LogP contribution < -0.4 is 0 Å². The number of rotatable bonds is 5. The van der Waals surface area contributed by atoms with E-state index < -0.39 is 22.9 Å². The third kappa shape index (κ3) is 3.81. The molecule has 0 unspecified atom stereocenters. The van der Waals surface area contributed by atoms with Gasteiger partial charge in [-0.2, -0.15) is 23.4 Å². The summed E-state index contributed by atoms with van der Waals surface area (Å²) in [5.74, 6) is -0.375. The Labute approximate surface area is 148 Å². The molecule has 0 fully saturated rings. The molecular weight excluding hydrogens is 359 g/mol. The third-order valence-corrected chi connectivity index (χ3v) is 4.40. The van der Waals surface area contributed by atoms with Crippen molar-refractivity contribution in [2.75, 3.05) is 7.05 Å². The van der Waals surface area contributed by atoms with Gasteiger partial charge >= 0.3 is 6.18 Å². The molecule has 6 nitrogen and oxygen atoms in total. The second-order valence-electron chi connectivity index (χ2n) is 5.70. The van der Waals surface area contributed by atoms with E-state index in [4.69, 9.17) is 11.6 Å². The topological polar surface area (TPSA) is 56.0 Å². The fourth-order valence-electron chi connectivity index (χ4n) is 2.58. The number of aryl methyl sites for hydroxylation is 1. The molecule has 2 aromatic rings. The van der Waals surface area contributed by atoms with Crippen molar-refractivity contribution in [1.29, 1.82) is 0 Å². The van der Waals surface area contributed by atoms with Gasteiger partial charge in [0.2, 0.25) is 5.91 Å². The maximum absolute atomic E-state index is 12.9. The fourth-order valence-corrected chi connectivity index (χ4v) is 2.81. The summed E-state index contributed by atoms with van der Waals surface area (Å²) in [5, 5.41) is 7.15. The normalized spacial score (nSPS) is 13.1. The first-order chi connectivity index (χ1) is 11.6. The van der Waals surface area contributed by atoms with Crippen molar-refractivity contribution < 1.29 is 18.0 Å². The van der Waals surface area contributed by atoms with Gasteiger partial charge in [-0.1, -0.05) is 11.6 Å². The van der Waals surface area contributed by atoms with Crippen molar-refractivity contribution in [3.8, 4) is 0 Å². The number of carbonyl (C=O) groups is 1. The zero-order valence-electron chi connectivity index (χ0n) is 14.3. The van der Waals surface area contributed by atoms with E-state index in [1.165, 1.54) is 18.7 Å². The molecule has 1 atom stereocenters. The summed E-state index contributed by atoms with van der Waals surface area (Å²) in [5.41, 5.74) is -0.253. The van der Waals surface area contributed by atoms with Gasteiger partial charge < -0.3 is 4.90 Å². The Kier molecular flexibility index (Phi) is 5.46. The highest BCUT2D eigenvalue weighted by molar-refractivity contribution is 6.32. The maximum Gasteiger partial charge on any atom is 0.436 e. The summed E-state index contributed by atoms with van der Waals surface area (Å²) in [7, 11) is 1.58. The Balaban J connectivity index is 2.22. The molecule has 2 rings (SSSR count). The number of hydrogen-bond donors (Lipinski definition) is 0. The number of carbonyl (C=O) groups excluding carboxylic acids is 1. The Morgan fingerprint density at radius 1 is 1.44 bits per heavy atom. The molecule has 0 aliphatic heterocycles. The first-order valence-corrected chi connectivity index (χ1v) is 8.03. The number of alkyl halides is 3. The van der Waals surface area contributed by atoms with E-state index in [2.05, 4.69) is 10.2 Å². The van der Waals surface area contributed by atoms with Crippen LogP contribution in [0.1, 0.15) is 37.0 Å². The lowest BCUT2D eigenvalue weighted by atomic mass is 10.2. The van der Waals surface area contributed by atoms with E-state index >= 15 is 0 Å². The van der Waals surface area contributed by atoms with Gasteiger partial charge in [-0.3, -0.25) is 14.2 Å². The molecule has 2 aromatic heterocycles. The lowest BCUT2D eigenvalue weighted by Gasteiger charge is -2.22. The van der Waals surface area contributed by atoms with Gasteiger partial charge in [0, 0.05) is 19.8 Å². The first kappa shape index (κ1) is 19.3. The van der Waals surface area contributed by atoms with Crippen LogP contribution in [0.4, 0.5) is 13.2 Å². The van der Waals surface area contributed by atoms with Crippen LogP contribution in [0.3, 0.4) is 0 Å². The number of likely N-dealkylation sites (N-methyl/N-ethyl adjacent to an activating group) is 1. The highest BCUT2D eigenvalue weighted by atomic mass is 35.5. The molecular formula is C15H19ClF3N5O. The van der Waals surface area contributed by atoms with Crippen LogP contribution >= 0.6 is 11.6 Å². The number of halogens is 4. The molecule has 0 spiro atoms. The van der Waals surface area contributed by atoms with Gasteiger partial charge in [0.05, 0.1) is 23.0 Å². The summed E-state index contributed by atoms with van der Waals surface area (Å²) in [4.78, 5) is 14.0. The van der Waals surface area contributed by atoms with E-state index in [0.717, 1.165) is 10.4 Å². The molecule has 0 saturated heterocycles. The van der Waals surface area contributed by atoms with Crippen LogP contribution in [0.5, 0.6) is 0 Å². The third-order valence-electron chi connectivity index (χ3n) is 3.95. The zero-order chi connectivity index (χ0) is 18.9. The van der Waals surface area contributed by atoms with Crippen molar-refractivity contribution in [3.63, 3.8) is 0 Å². The van der Waals surface area contributed by atoms with E-state index in [1.54, 1.807) is 24.0 Å². The lowest BCUT2D eigenvalue weighted by Crippen LogP contribution is -2.34. The smallest absolute Gasteiger partial charge is 0.338 e. The quantitative estimate of drug-likeness (QED) is 0.803. The monoisotopic (exact) mass is 377 g/mol. The molecule has 0 aliphatic rings. The van der Waals surface area contributed by atoms with E-state index in [1.807, 2.05) is 6.92 Å². The molecule has 0 aliphatic carbocycles. The van der Waals surface area contributed by atoms with E-state index in [-0.39, 0.29) is 18.1 Å². The van der Waals surface area contributed by atoms with Crippen LogP contribution in [0, 0.1) is 6.92 Å². The van der Waals surface area contributed by atoms with Crippen LogP contribution in [-0.2, 0) is 24.1 Å². The highest BCUT2D eigenvalue weighted by Gasteiger charge is 2.39. The Bertz CT molecular complexity index is 768. The van der Waals surface area contributed by atoms with Crippen LogP contribution in [-0.4, -0.2) is 37.4 Å². The molecule has 0 N–H and O–H groups in total. The molecule has 25 heavy (non-hydrogen) atoms. The zero-order valence-corrected chi connectivity index (χ0v) is 15.1. The summed E-state index contributed by atoms with van der Waals surface area (Å²) in [6.45, 7) is 5.77. The van der Waals surface area contributed by atoms with Crippen LogP contribution in [0.2, 0.25) is 5.02 Å². The number of hydrogen-bond acceptors (Lipinski definition) is 3. The molecule has 10 heteroatoms. The van der Waals surface area contributed by atoms with E-state index in [0.29, 0.717) is 6.54 Å². The van der Waals surface area contributed by atoms with Crippen molar-refractivity contribution in [2.45, 2.75) is 46.1 Å². The van der Waals surface area contributed by atoms with Crippen LogP contribution in [0.15, 0.2) is 12.3 Å². The largest absolute Gasteiger partial charge is 0.436 e. The molecule has 1 amide bonds. The Hall–Kier alpha value is -2.03. The minimum atomic E-state index is -4.67. The van der Waals surface area contributed by atoms with Gasteiger partial charge in [0.15, 0.2) is 5.69 Å². The van der Waals surface area contributed by atoms with Gasteiger partial charge in [-0.05, 0) is 26.8 Å². The summed E-state index contributed by atoms with van der Waals surface area (Å²) in [6, 6.07) is 0.868. The van der Waals surface area contributed by atoms with Gasteiger partial charge in [-0.15, -0.1) is 0 Å². The molecule has 0 saturated carbocycles. The number of aromatic nitrogens is 4. The SMILES string of the molecule is CCn1nccc1CN(C)C(=O)[C@H](C)n1nc(C(F)(F)F)c(Cl)c1C. The maximum atomic E-state index is 12.9. The van der Waals surface area contributed by atoms with Gasteiger partial charge in [-0.25, -0.2) is 0 Å². The second kappa shape index (κ2) is 7.07. The van der Waals surface area contributed by atoms with Gasteiger partial charge in [0.1, 0.15) is 6.04 Å². The summed E-state index contributed by atoms with van der Waals surface area (Å²) >= 11 is 5.74. The Morgan fingerprint density at radius 2 is 2.08 bits per heavy atom. The average molecular weight is 378 g/mol. The highest BCUT2D eigenvalue weighted by Crippen LogP contribution is 2.36. The van der Waals surface area contributed by atoms with Crippen molar-refractivity contribution in [1.82, 2.24) is 24.5 Å². The summed E-state index contributed by atoms with van der Waals surface area (Å²) in [6.07, 6.45) is -3.04.